The zero-order valence-electron chi connectivity index (χ0n) is 10.6. The molecule has 1 heterocycles. The number of furan rings is 1. The van der Waals surface area contributed by atoms with Crippen LogP contribution in [0, 0.1) is 5.92 Å². The van der Waals surface area contributed by atoms with E-state index in [1.165, 1.54) is 0 Å². The first-order valence-corrected chi connectivity index (χ1v) is 5.46. The van der Waals surface area contributed by atoms with E-state index >= 15 is 0 Å². The maximum absolute atomic E-state index is 5.39. The summed E-state index contributed by atoms with van der Waals surface area (Å²) in [6.45, 7) is 18.1. The molecule has 0 fully saturated rings. The standard InChI is InChI=1S/C12H16O.C2H6/c1-8(2)10(5)12-11(9(3)4)6-7-13-12;1-2/h6-8H,3,5H2,1-2,4H3;1-2H3. The molecule has 0 aliphatic carbocycles. The summed E-state index contributed by atoms with van der Waals surface area (Å²) in [5.41, 5.74) is 3.12. The van der Waals surface area contributed by atoms with Gasteiger partial charge in [0.2, 0.25) is 0 Å². The molecule has 0 aliphatic rings. The van der Waals surface area contributed by atoms with Crippen LogP contribution in [-0.2, 0) is 0 Å². The smallest absolute Gasteiger partial charge is 0.136 e. The van der Waals surface area contributed by atoms with Crippen LogP contribution in [0.1, 0.15) is 45.9 Å². The molecule has 15 heavy (non-hydrogen) atoms. The lowest BCUT2D eigenvalue weighted by Gasteiger charge is -2.08. The Morgan fingerprint density at radius 2 is 1.80 bits per heavy atom. The molecule has 0 unspecified atom stereocenters. The second-order valence-electron chi connectivity index (χ2n) is 3.62. The minimum absolute atomic E-state index is 0.407. The van der Waals surface area contributed by atoms with Gasteiger partial charge < -0.3 is 4.42 Å². The van der Waals surface area contributed by atoms with Gasteiger partial charge in [0.15, 0.2) is 0 Å². The third kappa shape index (κ3) is 3.43. The summed E-state index contributed by atoms with van der Waals surface area (Å²) < 4.78 is 5.39. The average molecular weight is 206 g/mol. The summed E-state index contributed by atoms with van der Waals surface area (Å²) in [5.74, 6) is 1.28. The van der Waals surface area contributed by atoms with Gasteiger partial charge in [-0.3, -0.25) is 0 Å². The molecule has 1 nitrogen and oxygen atoms in total. The molecule has 1 heteroatoms. The lowest BCUT2D eigenvalue weighted by molar-refractivity contribution is 0.544. The van der Waals surface area contributed by atoms with Gasteiger partial charge in [-0.2, -0.15) is 0 Å². The maximum Gasteiger partial charge on any atom is 0.136 e. The quantitative estimate of drug-likeness (QED) is 0.677. The molecule has 0 aliphatic heterocycles. The monoisotopic (exact) mass is 206 g/mol. The van der Waals surface area contributed by atoms with Gasteiger partial charge in [-0.15, -0.1) is 0 Å². The lowest BCUT2D eigenvalue weighted by atomic mass is 9.98. The Labute approximate surface area is 93.5 Å². The summed E-state index contributed by atoms with van der Waals surface area (Å²) in [5, 5.41) is 0. The highest BCUT2D eigenvalue weighted by Crippen LogP contribution is 2.28. The first-order valence-electron chi connectivity index (χ1n) is 5.46. The lowest BCUT2D eigenvalue weighted by Crippen LogP contribution is -1.92. The van der Waals surface area contributed by atoms with Gasteiger partial charge in [0, 0.05) is 5.56 Å². The molecule has 0 saturated heterocycles. The van der Waals surface area contributed by atoms with Crippen molar-refractivity contribution < 1.29 is 4.42 Å². The Bertz CT molecular complexity index is 329. The average Bonchev–Trinajstić information content (AvgIpc) is 2.68. The van der Waals surface area contributed by atoms with E-state index in [0.29, 0.717) is 5.92 Å². The summed E-state index contributed by atoms with van der Waals surface area (Å²) >= 11 is 0. The van der Waals surface area contributed by atoms with Crippen molar-refractivity contribution in [2.75, 3.05) is 0 Å². The van der Waals surface area contributed by atoms with Crippen LogP contribution < -0.4 is 0 Å². The van der Waals surface area contributed by atoms with E-state index in [1.54, 1.807) is 6.26 Å². The van der Waals surface area contributed by atoms with Crippen LogP contribution in [0.15, 0.2) is 29.9 Å². The molecule has 0 aromatic carbocycles. The number of allylic oxidation sites excluding steroid dienone is 2. The highest BCUT2D eigenvalue weighted by Gasteiger charge is 2.12. The van der Waals surface area contributed by atoms with E-state index < -0.39 is 0 Å². The Morgan fingerprint density at radius 3 is 2.20 bits per heavy atom. The van der Waals surface area contributed by atoms with Gasteiger partial charge >= 0.3 is 0 Å². The van der Waals surface area contributed by atoms with E-state index in [1.807, 2.05) is 26.8 Å². The molecule has 1 aromatic heterocycles. The van der Waals surface area contributed by atoms with Crippen LogP contribution in [0.5, 0.6) is 0 Å². The van der Waals surface area contributed by atoms with Crippen molar-refractivity contribution in [3.63, 3.8) is 0 Å². The van der Waals surface area contributed by atoms with Crippen molar-refractivity contribution in [3.05, 3.63) is 36.8 Å². The predicted octanol–water partition coefficient (Wildman–Crippen LogP) is 5.01. The second-order valence-corrected chi connectivity index (χ2v) is 3.62. The molecule has 0 N–H and O–H groups in total. The van der Waals surface area contributed by atoms with Gasteiger partial charge in [0.1, 0.15) is 5.76 Å². The van der Waals surface area contributed by atoms with E-state index in [2.05, 4.69) is 27.0 Å². The van der Waals surface area contributed by atoms with Gasteiger partial charge in [-0.25, -0.2) is 0 Å². The van der Waals surface area contributed by atoms with Crippen molar-refractivity contribution in [1.82, 2.24) is 0 Å². The van der Waals surface area contributed by atoms with Crippen LogP contribution >= 0.6 is 0 Å². The molecule has 1 aromatic rings. The summed E-state index contributed by atoms with van der Waals surface area (Å²) in [6.07, 6.45) is 1.69. The van der Waals surface area contributed by atoms with Gasteiger partial charge in [0.25, 0.3) is 0 Å². The Balaban J connectivity index is 0.000000921. The first kappa shape index (κ1) is 13.8. The van der Waals surface area contributed by atoms with Crippen LogP contribution in [-0.4, -0.2) is 0 Å². The van der Waals surface area contributed by atoms with E-state index in [9.17, 15) is 0 Å². The molecular weight excluding hydrogens is 184 g/mol. The highest BCUT2D eigenvalue weighted by molar-refractivity contribution is 5.74. The highest BCUT2D eigenvalue weighted by atomic mass is 16.3. The largest absolute Gasteiger partial charge is 0.464 e. The number of hydrogen-bond acceptors (Lipinski definition) is 1. The Hall–Kier alpha value is -1.24. The Kier molecular flexibility index (Phi) is 5.76. The third-order valence-electron chi connectivity index (χ3n) is 2.11. The molecule has 0 saturated carbocycles. The fraction of sp³-hybridized carbons (Fsp3) is 0.429. The molecule has 84 valence electrons. The normalized spacial score (nSPS) is 9.47. The molecule has 0 bridgehead atoms. The summed E-state index contributed by atoms with van der Waals surface area (Å²) in [4.78, 5) is 0. The van der Waals surface area contributed by atoms with Gasteiger partial charge in [-0.1, -0.05) is 40.9 Å². The molecule has 0 amide bonds. The maximum atomic E-state index is 5.39. The van der Waals surface area contributed by atoms with Crippen LogP contribution in [0.25, 0.3) is 11.1 Å². The molecule has 0 radical (unpaired) electrons. The fourth-order valence-corrected chi connectivity index (χ4v) is 1.16. The number of rotatable bonds is 3. The minimum atomic E-state index is 0.407. The zero-order valence-corrected chi connectivity index (χ0v) is 10.6. The predicted molar refractivity (Wildman–Crippen MR) is 68.6 cm³/mol. The van der Waals surface area contributed by atoms with Crippen molar-refractivity contribution >= 4 is 11.1 Å². The van der Waals surface area contributed by atoms with Crippen LogP contribution in [0.3, 0.4) is 0 Å². The zero-order chi connectivity index (χ0) is 12.0. The van der Waals surface area contributed by atoms with E-state index in [-0.39, 0.29) is 0 Å². The molecular formula is C14H22O. The van der Waals surface area contributed by atoms with Crippen LogP contribution in [0.2, 0.25) is 0 Å². The molecule has 0 spiro atoms. The SMILES string of the molecule is C=C(C)c1ccoc1C(=C)C(C)C.CC. The topological polar surface area (TPSA) is 13.1 Å². The van der Waals surface area contributed by atoms with E-state index in [0.717, 1.165) is 22.5 Å². The van der Waals surface area contributed by atoms with Crippen molar-refractivity contribution in [2.24, 2.45) is 5.92 Å². The number of hydrogen-bond donors (Lipinski definition) is 0. The fourth-order valence-electron chi connectivity index (χ4n) is 1.16. The molecule has 1 rings (SSSR count). The van der Waals surface area contributed by atoms with Crippen molar-refractivity contribution in [2.45, 2.75) is 34.6 Å². The third-order valence-corrected chi connectivity index (χ3v) is 2.11. The Morgan fingerprint density at radius 1 is 1.27 bits per heavy atom. The van der Waals surface area contributed by atoms with Crippen molar-refractivity contribution in [1.29, 1.82) is 0 Å². The summed E-state index contributed by atoms with van der Waals surface area (Å²) in [6, 6.07) is 1.94. The first-order chi connectivity index (χ1) is 7.04. The molecule has 0 atom stereocenters. The van der Waals surface area contributed by atoms with E-state index in [4.69, 9.17) is 4.42 Å². The van der Waals surface area contributed by atoms with Crippen LogP contribution in [0.4, 0.5) is 0 Å². The van der Waals surface area contributed by atoms with Gasteiger partial charge in [0.05, 0.1) is 6.26 Å². The minimum Gasteiger partial charge on any atom is -0.464 e. The van der Waals surface area contributed by atoms with Gasteiger partial charge in [-0.05, 0) is 30.1 Å². The van der Waals surface area contributed by atoms with Crippen molar-refractivity contribution in [3.8, 4) is 0 Å². The summed E-state index contributed by atoms with van der Waals surface area (Å²) in [7, 11) is 0. The second kappa shape index (κ2) is 6.28.